The molecule has 2 heterocycles. The first kappa shape index (κ1) is 13.1. The van der Waals surface area contributed by atoms with Gasteiger partial charge in [-0.25, -0.2) is 9.78 Å². The standard InChI is InChI=1S/C13H14N2O4/c1-3-18-13(17)11-9(16)7-19-12(11)15-10-6-4-5-8(2)14-10/h4-6H,3,7H2,1-2H3,(H,14,15). The van der Waals surface area contributed by atoms with Crippen molar-refractivity contribution in [2.45, 2.75) is 13.8 Å². The van der Waals surface area contributed by atoms with Gasteiger partial charge in [-0.15, -0.1) is 0 Å². The van der Waals surface area contributed by atoms with E-state index < -0.39 is 11.8 Å². The Morgan fingerprint density at radius 3 is 3.00 bits per heavy atom. The zero-order chi connectivity index (χ0) is 13.8. The maximum absolute atomic E-state index is 11.7. The van der Waals surface area contributed by atoms with Gasteiger partial charge in [-0.2, -0.15) is 0 Å². The van der Waals surface area contributed by atoms with Crippen LogP contribution >= 0.6 is 0 Å². The van der Waals surface area contributed by atoms with Crippen molar-refractivity contribution in [1.29, 1.82) is 0 Å². The van der Waals surface area contributed by atoms with Crippen molar-refractivity contribution in [3.05, 3.63) is 35.3 Å². The molecule has 0 saturated heterocycles. The SMILES string of the molecule is CCOC(=O)C1=C(Nc2cccc(C)n2)OCC1=O. The van der Waals surface area contributed by atoms with Crippen molar-refractivity contribution in [2.75, 3.05) is 18.5 Å². The van der Waals surface area contributed by atoms with Gasteiger partial charge in [0.05, 0.1) is 6.61 Å². The summed E-state index contributed by atoms with van der Waals surface area (Å²) in [7, 11) is 0. The number of anilines is 1. The van der Waals surface area contributed by atoms with Crippen LogP contribution in [-0.4, -0.2) is 30.0 Å². The predicted molar refractivity (Wildman–Crippen MR) is 67.2 cm³/mol. The number of pyridine rings is 1. The number of carbonyl (C=O) groups is 2. The molecule has 0 bridgehead atoms. The van der Waals surface area contributed by atoms with Crippen LogP contribution in [0.15, 0.2) is 29.7 Å². The summed E-state index contributed by atoms with van der Waals surface area (Å²) in [6, 6.07) is 5.37. The Balaban J connectivity index is 2.25. The number of rotatable bonds is 4. The topological polar surface area (TPSA) is 77.5 Å². The van der Waals surface area contributed by atoms with E-state index in [0.29, 0.717) is 5.82 Å². The fraction of sp³-hybridized carbons (Fsp3) is 0.308. The minimum absolute atomic E-state index is 0.0924. The number of ketones is 1. The van der Waals surface area contributed by atoms with Crippen molar-refractivity contribution < 1.29 is 19.1 Å². The molecule has 0 spiro atoms. The molecule has 1 aromatic heterocycles. The summed E-state index contributed by atoms with van der Waals surface area (Å²) in [6.07, 6.45) is 0. The third kappa shape index (κ3) is 2.90. The molecule has 1 aromatic rings. The van der Waals surface area contributed by atoms with Gasteiger partial charge in [-0.3, -0.25) is 4.79 Å². The number of hydrogen-bond donors (Lipinski definition) is 1. The quantitative estimate of drug-likeness (QED) is 0.648. The summed E-state index contributed by atoms with van der Waals surface area (Å²) in [5, 5.41) is 2.83. The number of hydrogen-bond acceptors (Lipinski definition) is 6. The molecule has 0 aromatic carbocycles. The van der Waals surface area contributed by atoms with Crippen LogP contribution in [0.4, 0.5) is 5.82 Å². The molecule has 0 radical (unpaired) electrons. The minimum atomic E-state index is -0.680. The van der Waals surface area contributed by atoms with Gasteiger partial charge in [0.1, 0.15) is 5.82 Å². The molecule has 6 heteroatoms. The average molecular weight is 262 g/mol. The zero-order valence-electron chi connectivity index (χ0n) is 10.7. The van der Waals surface area contributed by atoms with Crippen LogP contribution in [0.2, 0.25) is 0 Å². The first-order chi connectivity index (χ1) is 9.11. The van der Waals surface area contributed by atoms with Crippen LogP contribution in [-0.2, 0) is 19.1 Å². The highest BCUT2D eigenvalue weighted by molar-refractivity contribution is 6.19. The summed E-state index contributed by atoms with van der Waals surface area (Å²) in [5.41, 5.74) is 0.720. The molecule has 19 heavy (non-hydrogen) atoms. The molecule has 0 aliphatic carbocycles. The number of aromatic nitrogens is 1. The summed E-state index contributed by atoms with van der Waals surface area (Å²) in [4.78, 5) is 27.5. The van der Waals surface area contributed by atoms with E-state index in [-0.39, 0.29) is 24.7 Å². The number of esters is 1. The normalized spacial score (nSPS) is 14.3. The van der Waals surface area contributed by atoms with Gasteiger partial charge >= 0.3 is 5.97 Å². The number of nitrogens with zero attached hydrogens (tertiary/aromatic N) is 1. The van der Waals surface area contributed by atoms with Crippen LogP contribution in [0.3, 0.4) is 0 Å². The predicted octanol–water partition coefficient (Wildman–Crippen LogP) is 1.18. The lowest BCUT2D eigenvalue weighted by Gasteiger charge is -2.08. The molecule has 0 unspecified atom stereocenters. The molecule has 1 N–H and O–H groups in total. The van der Waals surface area contributed by atoms with Crippen molar-refractivity contribution in [3.8, 4) is 0 Å². The molecule has 0 atom stereocenters. The average Bonchev–Trinajstić information content (AvgIpc) is 2.71. The first-order valence-corrected chi connectivity index (χ1v) is 5.90. The minimum Gasteiger partial charge on any atom is -0.470 e. The van der Waals surface area contributed by atoms with E-state index in [1.165, 1.54) is 0 Å². The van der Waals surface area contributed by atoms with Gasteiger partial charge in [0, 0.05) is 5.69 Å². The molecule has 1 aliphatic rings. The Hall–Kier alpha value is -2.37. The monoisotopic (exact) mass is 262 g/mol. The highest BCUT2D eigenvalue weighted by Gasteiger charge is 2.32. The maximum atomic E-state index is 11.7. The van der Waals surface area contributed by atoms with Crippen LogP contribution in [0.5, 0.6) is 0 Å². The van der Waals surface area contributed by atoms with Gasteiger partial charge in [-0.05, 0) is 26.0 Å². The summed E-state index contributed by atoms with van der Waals surface area (Å²) < 4.78 is 10.00. The number of carbonyl (C=O) groups excluding carboxylic acids is 2. The second kappa shape index (κ2) is 5.51. The molecule has 6 nitrogen and oxygen atoms in total. The summed E-state index contributed by atoms with van der Waals surface area (Å²) >= 11 is 0. The van der Waals surface area contributed by atoms with Crippen molar-refractivity contribution in [1.82, 2.24) is 4.98 Å². The van der Waals surface area contributed by atoms with Crippen LogP contribution in [0.1, 0.15) is 12.6 Å². The van der Waals surface area contributed by atoms with Gasteiger partial charge in [0.2, 0.25) is 11.7 Å². The molecule has 0 fully saturated rings. The number of ether oxygens (including phenoxy) is 2. The molecule has 0 amide bonds. The Labute approximate surface area is 110 Å². The Morgan fingerprint density at radius 2 is 2.32 bits per heavy atom. The Morgan fingerprint density at radius 1 is 1.53 bits per heavy atom. The van der Waals surface area contributed by atoms with Crippen LogP contribution < -0.4 is 5.32 Å². The molecule has 2 rings (SSSR count). The summed E-state index contributed by atoms with van der Waals surface area (Å²) in [6.45, 7) is 3.55. The third-order valence-corrected chi connectivity index (χ3v) is 2.46. The van der Waals surface area contributed by atoms with E-state index in [2.05, 4.69) is 10.3 Å². The lowest BCUT2D eigenvalue weighted by Crippen LogP contribution is -2.16. The van der Waals surface area contributed by atoms with Gasteiger partial charge in [-0.1, -0.05) is 6.07 Å². The van der Waals surface area contributed by atoms with E-state index in [9.17, 15) is 9.59 Å². The lowest BCUT2D eigenvalue weighted by atomic mass is 10.2. The molecule has 1 aliphatic heterocycles. The van der Waals surface area contributed by atoms with Crippen molar-refractivity contribution >= 4 is 17.6 Å². The van der Waals surface area contributed by atoms with Crippen molar-refractivity contribution in [3.63, 3.8) is 0 Å². The number of Topliss-reactive ketones (excluding diaryl/α,β-unsaturated/α-hetero) is 1. The summed E-state index contributed by atoms with van der Waals surface area (Å²) in [5.74, 6) is -0.471. The van der Waals surface area contributed by atoms with Crippen LogP contribution in [0.25, 0.3) is 0 Å². The van der Waals surface area contributed by atoms with E-state index in [4.69, 9.17) is 9.47 Å². The van der Waals surface area contributed by atoms with E-state index in [1.54, 1.807) is 13.0 Å². The first-order valence-electron chi connectivity index (χ1n) is 5.90. The smallest absolute Gasteiger partial charge is 0.347 e. The highest BCUT2D eigenvalue weighted by atomic mass is 16.5. The lowest BCUT2D eigenvalue weighted by molar-refractivity contribution is -0.139. The van der Waals surface area contributed by atoms with Crippen LogP contribution in [0, 0.1) is 6.92 Å². The van der Waals surface area contributed by atoms with E-state index in [0.717, 1.165) is 5.69 Å². The molecule has 0 saturated carbocycles. The Kier molecular flexibility index (Phi) is 3.79. The highest BCUT2D eigenvalue weighted by Crippen LogP contribution is 2.19. The van der Waals surface area contributed by atoms with Gasteiger partial charge in [0.15, 0.2) is 12.2 Å². The second-order valence-electron chi connectivity index (χ2n) is 3.93. The fourth-order valence-corrected chi connectivity index (χ4v) is 1.65. The molecular formula is C13H14N2O4. The maximum Gasteiger partial charge on any atom is 0.347 e. The zero-order valence-corrected chi connectivity index (χ0v) is 10.7. The Bertz CT molecular complexity index is 551. The molecular weight excluding hydrogens is 248 g/mol. The van der Waals surface area contributed by atoms with Gasteiger partial charge < -0.3 is 14.8 Å². The number of aryl methyl sites for hydroxylation is 1. The number of nitrogens with one attached hydrogen (secondary N) is 1. The largest absolute Gasteiger partial charge is 0.470 e. The fourth-order valence-electron chi connectivity index (χ4n) is 1.65. The van der Waals surface area contributed by atoms with E-state index in [1.807, 2.05) is 19.1 Å². The van der Waals surface area contributed by atoms with E-state index >= 15 is 0 Å². The molecule has 100 valence electrons. The van der Waals surface area contributed by atoms with Crippen molar-refractivity contribution in [2.24, 2.45) is 0 Å². The second-order valence-corrected chi connectivity index (χ2v) is 3.93. The third-order valence-electron chi connectivity index (χ3n) is 2.46. The van der Waals surface area contributed by atoms with Gasteiger partial charge in [0.25, 0.3) is 0 Å².